The van der Waals surface area contributed by atoms with Gasteiger partial charge in [0.25, 0.3) is 17.4 Å². The van der Waals surface area contributed by atoms with Crippen molar-refractivity contribution in [3.63, 3.8) is 0 Å². The van der Waals surface area contributed by atoms with Crippen molar-refractivity contribution in [2.45, 2.75) is 69.1 Å². The number of nitrogens with zero attached hydrogens (tertiary/aromatic N) is 4. The average Bonchev–Trinajstić information content (AvgIpc) is 3.11. The highest BCUT2D eigenvalue weighted by molar-refractivity contribution is 6.05. The molecule has 5 heterocycles. The molecule has 3 aromatic heterocycles. The number of nitrogens with one attached hydrogen (secondary N) is 1. The van der Waals surface area contributed by atoms with Gasteiger partial charge in [0, 0.05) is 30.4 Å². The molecule has 0 spiro atoms. The molecular formula is C24H25F2N5O4. The smallest absolute Gasteiger partial charge is 0.274 e. The van der Waals surface area contributed by atoms with Gasteiger partial charge in [0.1, 0.15) is 17.3 Å². The van der Waals surface area contributed by atoms with Crippen LogP contribution in [0.3, 0.4) is 0 Å². The monoisotopic (exact) mass is 485 g/mol. The normalized spacial score (nSPS) is 28.2. The van der Waals surface area contributed by atoms with Crippen molar-refractivity contribution in [1.29, 1.82) is 0 Å². The number of amides is 1. The first-order chi connectivity index (χ1) is 16.5. The highest BCUT2D eigenvalue weighted by atomic mass is 19.3. The molecule has 0 aromatic carbocycles. The Morgan fingerprint density at radius 1 is 1.29 bits per heavy atom. The Morgan fingerprint density at radius 2 is 2.03 bits per heavy atom. The number of rotatable bonds is 6. The zero-order valence-electron chi connectivity index (χ0n) is 19.5. The fraction of sp³-hybridized carbons (Fsp3) is 0.500. The Hall–Kier alpha value is -3.34. The van der Waals surface area contributed by atoms with Gasteiger partial charge >= 0.3 is 0 Å². The minimum atomic E-state index is -2.92. The Bertz CT molecular complexity index is 1420. The first-order valence-electron chi connectivity index (χ1n) is 11.6. The maximum absolute atomic E-state index is 13.5. The van der Waals surface area contributed by atoms with Gasteiger partial charge in [-0.2, -0.15) is 4.98 Å². The van der Waals surface area contributed by atoms with E-state index >= 15 is 0 Å². The van der Waals surface area contributed by atoms with Crippen LogP contribution in [-0.4, -0.2) is 49.1 Å². The van der Waals surface area contributed by atoms with E-state index in [-0.39, 0.29) is 34.3 Å². The fourth-order valence-electron chi connectivity index (χ4n) is 5.32. The molecule has 2 saturated heterocycles. The predicted octanol–water partition coefficient (Wildman–Crippen LogP) is 3.33. The van der Waals surface area contributed by atoms with Gasteiger partial charge in [0.05, 0.1) is 24.0 Å². The lowest BCUT2D eigenvalue weighted by Gasteiger charge is -2.41. The van der Waals surface area contributed by atoms with E-state index < -0.39 is 29.9 Å². The fourth-order valence-corrected chi connectivity index (χ4v) is 5.32. The molecule has 35 heavy (non-hydrogen) atoms. The minimum Gasteiger partial charge on any atom is -0.474 e. The maximum atomic E-state index is 13.5. The van der Waals surface area contributed by atoms with Gasteiger partial charge in [-0.15, -0.1) is 0 Å². The van der Waals surface area contributed by atoms with Crippen LogP contribution < -0.4 is 15.6 Å². The molecule has 11 heteroatoms. The summed E-state index contributed by atoms with van der Waals surface area (Å²) in [6.45, 7) is 6.29. The van der Waals surface area contributed by atoms with Crippen LogP contribution in [0.4, 0.5) is 14.5 Å². The van der Waals surface area contributed by atoms with Gasteiger partial charge in [-0.05, 0) is 45.7 Å². The molecule has 2 aliphatic carbocycles. The van der Waals surface area contributed by atoms with Crippen molar-refractivity contribution in [3.8, 4) is 5.88 Å². The summed E-state index contributed by atoms with van der Waals surface area (Å²) < 4.78 is 41.3. The molecule has 9 nitrogen and oxygen atoms in total. The van der Waals surface area contributed by atoms with Crippen LogP contribution in [0.25, 0.3) is 5.78 Å². The van der Waals surface area contributed by atoms with Crippen LogP contribution in [0.15, 0.2) is 35.5 Å². The van der Waals surface area contributed by atoms with Crippen LogP contribution in [0.1, 0.15) is 62.1 Å². The van der Waals surface area contributed by atoms with Crippen molar-refractivity contribution in [3.05, 3.63) is 52.3 Å². The number of alkyl halides is 2. The number of halogens is 2. The zero-order valence-corrected chi connectivity index (χ0v) is 19.5. The summed E-state index contributed by atoms with van der Waals surface area (Å²) in [6, 6.07) is 1.64. The summed E-state index contributed by atoms with van der Waals surface area (Å²) >= 11 is 0. The quantitative estimate of drug-likeness (QED) is 0.575. The van der Waals surface area contributed by atoms with Crippen molar-refractivity contribution in [1.82, 2.24) is 18.9 Å². The van der Waals surface area contributed by atoms with Gasteiger partial charge in [-0.25, -0.2) is 13.8 Å². The van der Waals surface area contributed by atoms with E-state index in [9.17, 15) is 18.4 Å². The van der Waals surface area contributed by atoms with E-state index in [1.54, 1.807) is 24.4 Å². The molecule has 2 aliphatic heterocycles. The number of carbonyl (C=O) groups is 1. The number of pyridine rings is 1. The van der Waals surface area contributed by atoms with E-state index in [2.05, 4.69) is 22.2 Å². The number of anilines is 1. The third kappa shape index (κ3) is 3.51. The molecule has 184 valence electrons. The Morgan fingerprint density at radius 3 is 2.66 bits per heavy atom. The molecule has 7 rings (SSSR count). The predicted molar refractivity (Wildman–Crippen MR) is 121 cm³/mol. The summed E-state index contributed by atoms with van der Waals surface area (Å²) in [6.07, 6.45) is 5.80. The van der Waals surface area contributed by atoms with Crippen molar-refractivity contribution in [2.75, 3.05) is 11.9 Å². The molecule has 0 radical (unpaired) electrons. The number of ether oxygens (including phenoxy) is 2. The van der Waals surface area contributed by atoms with E-state index in [1.165, 1.54) is 18.3 Å². The number of hydrogen-bond acceptors (Lipinski definition) is 6. The summed E-state index contributed by atoms with van der Waals surface area (Å²) in [5.74, 6) is -3.09. The first kappa shape index (κ1) is 22.1. The van der Waals surface area contributed by atoms with E-state index in [4.69, 9.17) is 9.47 Å². The lowest BCUT2D eigenvalue weighted by molar-refractivity contribution is 0.0154. The molecule has 0 unspecified atom stereocenters. The van der Waals surface area contributed by atoms with Gasteiger partial charge in [0.2, 0.25) is 11.7 Å². The van der Waals surface area contributed by atoms with Crippen LogP contribution in [0.2, 0.25) is 0 Å². The van der Waals surface area contributed by atoms with E-state index in [0.29, 0.717) is 12.4 Å². The molecular weight excluding hydrogens is 460 g/mol. The third-order valence-electron chi connectivity index (χ3n) is 7.02. The lowest BCUT2D eigenvalue weighted by atomic mass is 9.62. The second kappa shape index (κ2) is 7.09. The average molecular weight is 485 g/mol. The van der Waals surface area contributed by atoms with Crippen LogP contribution in [-0.2, 0) is 10.2 Å². The first-order valence-corrected chi connectivity index (χ1v) is 11.6. The van der Waals surface area contributed by atoms with Crippen LogP contribution in [0.5, 0.6) is 5.88 Å². The maximum Gasteiger partial charge on any atom is 0.274 e. The second-order valence-electron chi connectivity index (χ2n) is 10.4. The summed E-state index contributed by atoms with van der Waals surface area (Å²) in [4.78, 5) is 35.1. The summed E-state index contributed by atoms with van der Waals surface area (Å²) in [5.41, 5.74) is -0.0962. The standard InChI is InChI=1S/C24H25F2N5O4/c1-13(2)35-19-14(18(32)27-15-5-4-6-31(20(15)33)17-7-24(17,25)26)8-30-9-16(28-21(30)29-19)23-10-22(3,11-23)34-12-23/h4-6,8-9,13,17H,7,10-12H2,1-3H3,(H,27,32)/t17-,22?,23?/m0/s1. The number of carbonyl (C=O) groups excluding carboxylic acids is 1. The highest BCUT2D eigenvalue weighted by Gasteiger charge is 2.61. The highest BCUT2D eigenvalue weighted by Crippen LogP contribution is 2.58. The molecule has 1 amide bonds. The zero-order chi connectivity index (χ0) is 24.8. The largest absolute Gasteiger partial charge is 0.474 e. The van der Waals surface area contributed by atoms with Crippen LogP contribution >= 0.6 is 0 Å². The number of hydrogen-bond donors (Lipinski definition) is 1. The minimum absolute atomic E-state index is 0.0748. The van der Waals surface area contributed by atoms with Crippen LogP contribution in [0, 0.1) is 0 Å². The molecule has 3 aromatic rings. The summed E-state index contributed by atoms with van der Waals surface area (Å²) in [5, 5.41) is 2.55. The second-order valence-corrected chi connectivity index (χ2v) is 10.4. The van der Waals surface area contributed by atoms with Crippen molar-refractivity contribution < 1.29 is 23.0 Å². The SMILES string of the molecule is CC(C)Oc1nc2nc(C34COC(C)(C3)C4)cn2cc1C(=O)Nc1cccn([C@H]2CC2(F)F)c1=O. The van der Waals surface area contributed by atoms with Gasteiger partial charge in [-0.3, -0.25) is 14.0 Å². The summed E-state index contributed by atoms with van der Waals surface area (Å²) in [7, 11) is 0. The molecule has 2 bridgehead atoms. The lowest BCUT2D eigenvalue weighted by Crippen LogP contribution is -2.45. The number of aromatic nitrogens is 4. The van der Waals surface area contributed by atoms with Crippen molar-refractivity contribution >= 4 is 17.4 Å². The Balaban J connectivity index is 1.34. The molecule has 1 N–H and O–H groups in total. The van der Waals surface area contributed by atoms with Crippen molar-refractivity contribution in [2.24, 2.45) is 0 Å². The van der Waals surface area contributed by atoms with Gasteiger partial charge < -0.3 is 19.4 Å². The Labute approximate surface area is 199 Å². The van der Waals surface area contributed by atoms with E-state index in [1.807, 2.05) is 6.20 Å². The number of fused-ring (bicyclic) bond motifs is 2. The van der Waals surface area contributed by atoms with E-state index in [0.717, 1.165) is 23.1 Å². The third-order valence-corrected chi connectivity index (χ3v) is 7.02. The number of imidazole rings is 1. The Kier molecular flexibility index (Phi) is 4.49. The van der Waals surface area contributed by atoms with Gasteiger partial charge in [0.15, 0.2) is 0 Å². The van der Waals surface area contributed by atoms with Gasteiger partial charge in [-0.1, -0.05) is 0 Å². The topological polar surface area (TPSA) is 99.8 Å². The molecule has 1 atom stereocenters. The molecule has 4 fully saturated rings. The molecule has 2 saturated carbocycles. The molecule has 4 aliphatic rings.